The molecular weight excluding hydrogens is 304 g/mol. The van der Waals surface area contributed by atoms with Gasteiger partial charge in [-0.15, -0.1) is 10.2 Å². The molecule has 0 atom stereocenters. The molecule has 0 unspecified atom stereocenters. The predicted octanol–water partition coefficient (Wildman–Crippen LogP) is 3.28. The van der Waals surface area contributed by atoms with E-state index in [9.17, 15) is 4.79 Å². The summed E-state index contributed by atoms with van der Waals surface area (Å²) in [5.41, 5.74) is 0.252. The normalized spacial score (nSPS) is 10.6. The van der Waals surface area contributed by atoms with Gasteiger partial charge in [-0.1, -0.05) is 18.7 Å². The summed E-state index contributed by atoms with van der Waals surface area (Å²) in [6.07, 6.45) is 2.63. The number of aryl methyl sites for hydroxylation is 1. The van der Waals surface area contributed by atoms with E-state index in [2.05, 4.69) is 17.1 Å². The summed E-state index contributed by atoms with van der Waals surface area (Å²) in [6, 6.07) is 6.37. The van der Waals surface area contributed by atoms with E-state index < -0.39 is 5.97 Å². The molecule has 22 heavy (non-hydrogen) atoms. The third-order valence-electron chi connectivity index (χ3n) is 2.80. The van der Waals surface area contributed by atoms with Crippen molar-refractivity contribution in [2.45, 2.75) is 31.4 Å². The fourth-order valence-corrected chi connectivity index (χ4v) is 2.40. The Labute approximate surface area is 132 Å². The molecule has 6 nitrogen and oxygen atoms in total. The Kier molecular flexibility index (Phi) is 6.27. The van der Waals surface area contributed by atoms with Crippen molar-refractivity contribution < 1.29 is 19.1 Å². The highest BCUT2D eigenvalue weighted by molar-refractivity contribution is 7.99. The molecule has 2 rings (SSSR count). The molecule has 0 spiro atoms. The lowest BCUT2D eigenvalue weighted by Crippen LogP contribution is -2.00. The average Bonchev–Trinajstić information content (AvgIpc) is 2.95. The highest BCUT2D eigenvalue weighted by Gasteiger charge is 2.06. The quantitative estimate of drug-likeness (QED) is 0.560. The molecule has 0 aliphatic heterocycles. The Balaban J connectivity index is 1.65. The standard InChI is InChI=1S/C15H18N2O4S/c1-2-4-13-16-17-15(21-13)22-10-3-9-20-12-7-5-11(6-8-12)14(18)19/h5-8H,2-4,9-10H2,1H3,(H,18,19). The Hall–Kier alpha value is -2.02. The van der Waals surface area contributed by atoms with Gasteiger partial charge in [-0.05, 0) is 37.1 Å². The van der Waals surface area contributed by atoms with Crippen molar-refractivity contribution in [2.24, 2.45) is 0 Å². The Morgan fingerprint density at radius 1 is 1.32 bits per heavy atom. The smallest absolute Gasteiger partial charge is 0.335 e. The lowest BCUT2D eigenvalue weighted by Gasteiger charge is -2.05. The van der Waals surface area contributed by atoms with Crippen LogP contribution in [0.5, 0.6) is 5.75 Å². The summed E-state index contributed by atoms with van der Waals surface area (Å²) in [5.74, 6) is 1.23. The van der Waals surface area contributed by atoms with E-state index in [4.69, 9.17) is 14.3 Å². The van der Waals surface area contributed by atoms with E-state index in [-0.39, 0.29) is 5.56 Å². The number of nitrogens with zero attached hydrogens (tertiary/aromatic N) is 2. The second kappa shape index (κ2) is 8.43. The minimum atomic E-state index is -0.940. The summed E-state index contributed by atoms with van der Waals surface area (Å²) in [5, 5.41) is 17.3. The molecule has 0 aliphatic rings. The van der Waals surface area contributed by atoms with E-state index in [1.54, 1.807) is 12.1 Å². The van der Waals surface area contributed by atoms with Crippen LogP contribution < -0.4 is 4.74 Å². The molecule has 0 saturated heterocycles. The molecule has 0 amide bonds. The van der Waals surface area contributed by atoms with Crippen LogP contribution in [0.4, 0.5) is 0 Å². The van der Waals surface area contributed by atoms with Gasteiger partial charge in [0, 0.05) is 12.2 Å². The molecule has 0 saturated carbocycles. The van der Waals surface area contributed by atoms with E-state index in [1.807, 2.05) is 0 Å². The molecule has 1 aromatic heterocycles. The van der Waals surface area contributed by atoms with Gasteiger partial charge in [0.15, 0.2) is 0 Å². The van der Waals surface area contributed by atoms with Crippen molar-refractivity contribution >= 4 is 17.7 Å². The largest absolute Gasteiger partial charge is 0.494 e. The van der Waals surface area contributed by atoms with Crippen LogP contribution in [0.15, 0.2) is 33.9 Å². The first-order chi connectivity index (χ1) is 10.7. The fraction of sp³-hybridized carbons (Fsp3) is 0.400. The molecule has 0 aliphatic carbocycles. The first kappa shape index (κ1) is 16.4. The minimum absolute atomic E-state index is 0.252. The Morgan fingerprint density at radius 2 is 2.09 bits per heavy atom. The maximum absolute atomic E-state index is 10.7. The van der Waals surface area contributed by atoms with Gasteiger partial charge in [0.2, 0.25) is 5.89 Å². The summed E-state index contributed by atoms with van der Waals surface area (Å²) < 4.78 is 11.0. The van der Waals surface area contributed by atoms with Crippen LogP contribution in [0.3, 0.4) is 0 Å². The van der Waals surface area contributed by atoms with Crippen molar-refractivity contribution in [3.05, 3.63) is 35.7 Å². The van der Waals surface area contributed by atoms with Gasteiger partial charge in [0.05, 0.1) is 12.2 Å². The molecule has 7 heteroatoms. The highest BCUT2D eigenvalue weighted by atomic mass is 32.2. The van der Waals surface area contributed by atoms with Gasteiger partial charge in [-0.25, -0.2) is 4.79 Å². The van der Waals surface area contributed by atoms with Crippen molar-refractivity contribution in [2.75, 3.05) is 12.4 Å². The Morgan fingerprint density at radius 3 is 2.77 bits per heavy atom. The first-order valence-corrected chi connectivity index (χ1v) is 8.09. The van der Waals surface area contributed by atoms with Crippen LogP contribution in [-0.2, 0) is 6.42 Å². The number of aromatic carboxylic acids is 1. The molecule has 1 heterocycles. The van der Waals surface area contributed by atoms with Gasteiger partial charge in [0.1, 0.15) is 5.75 Å². The molecule has 0 bridgehead atoms. The highest BCUT2D eigenvalue weighted by Crippen LogP contribution is 2.18. The van der Waals surface area contributed by atoms with E-state index in [0.717, 1.165) is 25.0 Å². The zero-order valence-corrected chi connectivity index (χ0v) is 13.1. The van der Waals surface area contributed by atoms with Gasteiger partial charge >= 0.3 is 5.97 Å². The fourth-order valence-electron chi connectivity index (χ4n) is 1.71. The van der Waals surface area contributed by atoms with Crippen molar-refractivity contribution in [1.29, 1.82) is 0 Å². The van der Waals surface area contributed by atoms with Gasteiger partial charge in [-0.2, -0.15) is 0 Å². The van der Waals surface area contributed by atoms with Crippen LogP contribution in [0.1, 0.15) is 36.0 Å². The SMILES string of the molecule is CCCc1nnc(SCCCOc2ccc(C(=O)O)cc2)o1. The molecule has 0 fully saturated rings. The number of carboxylic acids is 1. The van der Waals surface area contributed by atoms with Crippen molar-refractivity contribution in [1.82, 2.24) is 10.2 Å². The predicted molar refractivity (Wildman–Crippen MR) is 82.5 cm³/mol. The lowest BCUT2D eigenvalue weighted by atomic mass is 10.2. The van der Waals surface area contributed by atoms with E-state index in [1.165, 1.54) is 23.9 Å². The Bertz CT molecular complexity index is 598. The summed E-state index contributed by atoms with van der Waals surface area (Å²) in [6.45, 7) is 2.62. The second-order valence-corrected chi connectivity index (χ2v) is 5.64. The number of hydrogen-bond acceptors (Lipinski definition) is 6. The zero-order valence-electron chi connectivity index (χ0n) is 12.3. The molecule has 118 valence electrons. The molecule has 1 N–H and O–H groups in total. The van der Waals surface area contributed by atoms with Gasteiger partial charge in [-0.3, -0.25) is 0 Å². The molecular formula is C15H18N2O4S. The van der Waals surface area contributed by atoms with Crippen LogP contribution in [0.25, 0.3) is 0 Å². The number of carbonyl (C=O) groups is 1. The number of aromatic nitrogens is 2. The zero-order chi connectivity index (χ0) is 15.8. The van der Waals surface area contributed by atoms with Crippen LogP contribution in [-0.4, -0.2) is 33.6 Å². The topological polar surface area (TPSA) is 85.5 Å². The number of thioether (sulfide) groups is 1. The van der Waals surface area contributed by atoms with Gasteiger partial charge in [0.25, 0.3) is 5.22 Å². The number of rotatable bonds is 9. The van der Waals surface area contributed by atoms with E-state index in [0.29, 0.717) is 23.5 Å². The van der Waals surface area contributed by atoms with Crippen molar-refractivity contribution in [3.8, 4) is 5.75 Å². The third-order valence-corrected chi connectivity index (χ3v) is 3.70. The number of carboxylic acid groups (broad SMARTS) is 1. The molecule has 2 aromatic rings. The number of benzene rings is 1. The summed E-state index contributed by atoms with van der Waals surface area (Å²) in [7, 11) is 0. The summed E-state index contributed by atoms with van der Waals surface area (Å²) >= 11 is 1.51. The second-order valence-electron chi connectivity index (χ2n) is 4.59. The number of ether oxygens (including phenoxy) is 1. The van der Waals surface area contributed by atoms with Crippen LogP contribution in [0, 0.1) is 0 Å². The first-order valence-electron chi connectivity index (χ1n) is 7.10. The van der Waals surface area contributed by atoms with Crippen LogP contribution in [0.2, 0.25) is 0 Å². The van der Waals surface area contributed by atoms with Crippen molar-refractivity contribution in [3.63, 3.8) is 0 Å². The monoisotopic (exact) mass is 322 g/mol. The minimum Gasteiger partial charge on any atom is -0.494 e. The average molecular weight is 322 g/mol. The third kappa shape index (κ3) is 5.07. The maximum Gasteiger partial charge on any atom is 0.335 e. The lowest BCUT2D eigenvalue weighted by molar-refractivity contribution is 0.0697. The summed E-state index contributed by atoms with van der Waals surface area (Å²) in [4.78, 5) is 10.7. The maximum atomic E-state index is 10.7. The van der Waals surface area contributed by atoms with Gasteiger partial charge < -0.3 is 14.3 Å². The molecule has 1 aromatic carbocycles. The van der Waals surface area contributed by atoms with Crippen LogP contribution >= 0.6 is 11.8 Å². The molecule has 0 radical (unpaired) electrons. The number of hydrogen-bond donors (Lipinski definition) is 1. The van der Waals surface area contributed by atoms with E-state index >= 15 is 0 Å².